The average molecular weight is 331 g/mol. The molecule has 1 aliphatic rings. The summed E-state index contributed by atoms with van der Waals surface area (Å²) in [7, 11) is -3.51. The molecule has 116 valence electrons. The zero-order valence-electron chi connectivity index (χ0n) is 12.1. The number of amides is 1. The molecule has 0 atom stereocenters. The fraction of sp³-hybridized carbons (Fsp3) is 0.500. The molecule has 1 aromatic rings. The molecular formula is C14H19ClN2O3S. The van der Waals surface area contributed by atoms with Crippen molar-refractivity contribution in [2.75, 3.05) is 24.7 Å². The van der Waals surface area contributed by atoms with Crippen molar-refractivity contribution in [1.29, 1.82) is 0 Å². The Hall–Kier alpha value is -1.11. The third-order valence-electron chi connectivity index (χ3n) is 3.96. The minimum absolute atomic E-state index is 0.275. The summed E-state index contributed by atoms with van der Waals surface area (Å²) < 4.78 is 22.9. The fourth-order valence-electron chi connectivity index (χ4n) is 2.51. The number of carbonyl (C=O) groups excluding carboxylic acids is 1. The van der Waals surface area contributed by atoms with Gasteiger partial charge in [-0.2, -0.15) is 0 Å². The number of carbonyl (C=O) groups is 1. The van der Waals surface area contributed by atoms with Crippen molar-refractivity contribution in [2.45, 2.75) is 24.5 Å². The normalized spacial score (nSPS) is 18.2. The number of hydrogen-bond donors (Lipinski definition) is 2. The van der Waals surface area contributed by atoms with E-state index in [-0.39, 0.29) is 12.8 Å². The molecule has 1 saturated heterocycles. The van der Waals surface area contributed by atoms with E-state index in [9.17, 15) is 13.2 Å². The largest absolute Gasteiger partial charge is 0.325 e. The SMILES string of the molecule is Cc1ccc(NC(=O)C2(S(C)(=O)=O)CCNCC2)cc1Cl. The number of nitrogens with one attached hydrogen (secondary N) is 2. The van der Waals surface area contributed by atoms with Crippen molar-refractivity contribution in [3.63, 3.8) is 0 Å². The van der Waals surface area contributed by atoms with E-state index >= 15 is 0 Å². The minimum Gasteiger partial charge on any atom is -0.325 e. The Morgan fingerprint density at radius 2 is 1.95 bits per heavy atom. The summed E-state index contributed by atoms with van der Waals surface area (Å²) in [6.45, 7) is 2.88. The van der Waals surface area contributed by atoms with Gasteiger partial charge in [0.25, 0.3) is 0 Å². The number of benzene rings is 1. The molecule has 0 spiro atoms. The molecular weight excluding hydrogens is 312 g/mol. The molecule has 7 heteroatoms. The molecule has 0 aliphatic carbocycles. The van der Waals surface area contributed by atoms with E-state index in [0.29, 0.717) is 23.8 Å². The summed E-state index contributed by atoms with van der Waals surface area (Å²) in [5.74, 6) is -0.480. The molecule has 2 N–H and O–H groups in total. The summed E-state index contributed by atoms with van der Waals surface area (Å²) in [5, 5.41) is 6.31. The zero-order valence-corrected chi connectivity index (χ0v) is 13.6. The highest BCUT2D eigenvalue weighted by Crippen LogP contribution is 2.30. The molecule has 1 fully saturated rings. The Bertz CT molecular complexity index is 652. The van der Waals surface area contributed by atoms with Crippen LogP contribution < -0.4 is 10.6 Å². The number of hydrogen-bond acceptors (Lipinski definition) is 4. The van der Waals surface area contributed by atoms with E-state index in [1.807, 2.05) is 6.92 Å². The number of anilines is 1. The van der Waals surface area contributed by atoms with E-state index in [1.54, 1.807) is 18.2 Å². The van der Waals surface area contributed by atoms with Gasteiger partial charge in [0, 0.05) is 17.0 Å². The van der Waals surface area contributed by atoms with E-state index in [0.717, 1.165) is 11.8 Å². The second kappa shape index (κ2) is 5.94. The number of sulfone groups is 1. The minimum atomic E-state index is -3.51. The molecule has 0 bridgehead atoms. The molecule has 0 unspecified atom stereocenters. The van der Waals surface area contributed by atoms with E-state index < -0.39 is 20.5 Å². The maximum atomic E-state index is 12.6. The van der Waals surface area contributed by atoms with Crippen molar-refractivity contribution in [3.8, 4) is 0 Å². The molecule has 0 radical (unpaired) electrons. The quantitative estimate of drug-likeness (QED) is 0.885. The molecule has 1 heterocycles. The Morgan fingerprint density at radius 3 is 2.48 bits per heavy atom. The van der Waals surface area contributed by atoms with Gasteiger partial charge in [0.1, 0.15) is 0 Å². The number of aryl methyl sites for hydroxylation is 1. The third-order valence-corrected chi connectivity index (χ3v) is 6.38. The van der Waals surface area contributed by atoms with E-state index in [1.165, 1.54) is 0 Å². The van der Waals surface area contributed by atoms with Crippen molar-refractivity contribution in [1.82, 2.24) is 5.32 Å². The fourth-order valence-corrected chi connectivity index (χ4v) is 4.03. The van der Waals surface area contributed by atoms with Gasteiger partial charge in [-0.15, -0.1) is 0 Å². The van der Waals surface area contributed by atoms with Crippen LogP contribution in [0.1, 0.15) is 18.4 Å². The van der Waals surface area contributed by atoms with Gasteiger partial charge >= 0.3 is 0 Å². The van der Waals surface area contributed by atoms with Crippen LogP contribution >= 0.6 is 11.6 Å². The monoisotopic (exact) mass is 330 g/mol. The Balaban J connectivity index is 2.29. The van der Waals surface area contributed by atoms with Crippen molar-refractivity contribution < 1.29 is 13.2 Å². The molecule has 1 aliphatic heterocycles. The molecule has 0 aromatic heterocycles. The van der Waals surface area contributed by atoms with Gasteiger partial charge in [-0.3, -0.25) is 4.79 Å². The first-order valence-electron chi connectivity index (χ1n) is 6.74. The van der Waals surface area contributed by atoms with Gasteiger partial charge in [-0.25, -0.2) is 8.42 Å². The third kappa shape index (κ3) is 3.22. The van der Waals surface area contributed by atoms with Crippen LogP contribution in [0.2, 0.25) is 5.02 Å². The number of piperidine rings is 1. The van der Waals surface area contributed by atoms with Crippen LogP contribution in [0, 0.1) is 6.92 Å². The van der Waals surface area contributed by atoms with Crippen LogP contribution in [0.5, 0.6) is 0 Å². The Labute approximate surface area is 130 Å². The summed E-state index contributed by atoms with van der Waals surface area (Å²) in [6.07, 6.45) is 1.68. The standard InChI is InChI=1S/C14H19ClN2O3S/c1-10-3-4-11(9-12(10)15)17-13(18)14(21(2,19)20)5-7-16-8-6-14/h3-4,9,16H,5-8H2,1-2H3,(H,17,18). The summed E-state index contributed by atoms with van der Waals surface area (Å²) in [6, 6.07) is 5.13. The van der Waals surface area contributed by atoms with Crippen LogP contribution in [0.3, 0.4) is 0 Å². The predicted molar refractivity (Wildman–Crippen MR) is 84.5 cm³/mol. The van der Waals surface area contributed by atoms with Crippen LogP contribution in [0.4, 0.5) is 5.69 Å². The average Bonchev–Trinajstić information content (AvgIpc) is 2.42. The summed E-state index contributed by atoms with van der Waals surface area (Å²) in [4.78, 5) is 12.6. The highest BCUT2D eigenvalue weighted by Gasteiger charge is 2.48. The zero-order chi connectivity index (χ0) is 15.7. The van der Waals surface area contributed by atoms with Crippen molar-refractivity contribution in [3.05, 3.63) is 28.8 Å². The lowest BCUT2D eigenvalue weighted by atomic mass is 9.95. The van der Waals surface area contributed by atoms with Gasteiger partial charge in [0.05, 0.1) is 0 Å². The van der Waals surface area contributed by atoms with E-state index in [4.69, 9.17) is 11.6 Å². The first kappa shape index (κ1) is 16.3. The van der Waals surface area contributed by atoms with Gasteiger partial charge in [-0.05, 0) is 50.6 Å². The van der Waals surface area contributed by atoms with Crippen molar-refractivity contribution >= 4 is 33.0 Å². The molecule has 1 amide bonds. The molecule has 21 heavy (non-hydrogen) atoms. The van der Waals surface area contributed by atoms with Gasteiger partial charge in [0.15, 0.2) is 14.6 Å². The second-order valence-corrected chi connectivity index (χ2v) is 8.17. The second-order valence-electron chi connectivity index (χ2n) is 5.43. The summed E-state index contributed by atoms with van der Waals surface area (Å²) >= 11 is 6.03. The van der Waals surface area contributed by atoms with E-state index in [2.05, 4.69) is 10.6 Å². The maximum absolute atomic E-state index is 12.6. The number of rotatable bonds is 3. The molecule has 2 rings (SSSR count). The van der Waals surface area contributed by atoms with Crippen molar-refractivity contribution in [2.24, 2.45) is 0 Å². The van der Waals surface area contributed by atoms with Crippen LogP contribution in [-0.4, -0.2) is 38.4 Å². The Kier molecular flexibility index (Phi) is 4.60. The highest BCUT2D eigenvalue weighted by molar-refractivity contribution is 7.92. The lowest BCUT2D eigenvalue weighted by Crippen LogP contribution is -2.55. The topological polar surface area (TPSA) is 75.3 Å². The van der Waals surface area contributed by atoms with Gasteiger partial charge in [0.2, 0.25) is 5.91 Å². The highest BCUT2D eigenvalue weighted by atomic mass is 35.5. The number of halogens is 1. The lowest BCUT2D eigenvalue weighted by molar-refractivity contribution is -0.119. The predicted octanol–water partition coefficient (Wildman–Crippen LogP) is 1.75. The Morgan fingerprint density at radius 1 is 1.33 bits per heavy atom. The molecule has 5 nitrogen and oxygen atoms in total. The smallest absolute Gasteiger partial charge is 0.245 e. The van der Waals surface area contributed by atoms with Crippen LogP contribution in [0.15, 0.2) is 18.2 Å². The van der Waals surface area contributed by atoms with Crippen LogP contribution in [0.25, 0.3) is 0 Å². The first-order valence-corrected chi connectivity index (χ1v) is 9.01. The molecule has 0 saturated carbocycles. The molecule has 1 aromatic carbocycles. The summed E-state index contributed by atoms with van der Waals surface area (Å²) in [5.41, 5.74) is 1.41. The lowest BCUT2D eigenvalue weighted by Gasteiger charge is -2.34. The van der Waals surface area contributed by atoms with Gasteiger partial charge < -0.3 is 10.6 Å². The maximum Gasteiger partial charge on any atom is 0.245 e. The van der Waals surface area contributed by atoms with Gasteiger partial charge in [-0.1, -0.05) is 17.7 Å². The first-order chi connectivity index (χ1) is 9.76. The van der Waals surface area contributed by atoms with Crippen LogP contribution in [-0.2, 0) is 14.6 Å².